The topological polar surface area (TPSA) is 59.6 Å². The summed E-state index contributed by atoms with van der Waals surface area (Å²) in [6.45, 7) is 0.309. The molecule has 0 fully saturated rings. The fraction of sp³-hybridized carbons (Fsp3) is 0.235. The van der Waals surface area contributed by atoms with Crippen LogP contribution in [0.1, 0.15) is 6.42 Å². The molecule has 3 aromatic rings. The van der Waals surface area contributed by atoms with Gasteiger partial charge in [-0.15, -0.1) is 0 Å². The molecule has 1 amide bonds. The van der Waals surface area contributed by atoms with Gasteiger partial charge in [0, 0.05) is 45.0 Å². The van der Waals surface area contributed by atoms with E-state index in [9.17, 15) is 14.0 Å². The highest BCUT2D eigenvalue weighted by molar-refractivity contribution is 5.75. The summed E-state index contributed by atoms with van der Waals surface area (Å²) in [5.41, 5.74) is 1.52. The number of fused-ring (bicyclic) bond motifs is 1. The van der Waals surface area contributed by atoms with Gasteiger partial charge in [0.2, 0.25) is 5.91 Å². The van der Waals surface area contributed by atoms with E-state index < -0.39 is 0 Å². The number of carbonyl (C=O) groups is 1. The van der Waals surface area contributed by atoms with Crippen molar-refractivity contribution >= 4 is 11.4 Å². The first kappa shape index (κ1) is 15.9. The Balaban J connectivity index is 1.93. The summed E-state index contributed by atoms with van der Waals surface area (Å²) in [5, 5.41) is 4.34. The van der Waals surface area contributed by atoms with Crippen LogP contribution < -0.4 is 5.56 Å². The molecule has 0 N–H and O–H groups in total. The average Bonchev–Trinajstić information content (AvgIpc) is 2.99. The smallest absolute Gasteiger partial charge is 0.276 e. The molecular weight excluding hydrogens is 311 g/mol. The SMILES string of the molecule is CN(C)C(=O)CCn1ccn2nc(-c3ccc(F)cc3)cc2c1=O. The average molecular weight is 328 g/mol. The van der Waals surface area contributed by atoms with Crippen molar-refractivity contribution < 1.29 is 9.18 Å². The molecule has 7 heteroatoms. The maximum atomic E-state index is 13.0. The summed E-state index contributed by atoms with van der Waals surface area (Å²) in [7, 11) is 3.36. The number of hydrogen-bond acceptors (Lipinski definition) is 3. The molecule has 3 rings (SSSR count). The van der Waals surface area contributed by atoms with Gasteiger partial charge in [0.1, 0.15) is 11.3 Å². The van der Waals surface area contributed by atoms with Crippen molar-refractivity contribution in [3.63, 3.8) is 0 Å². The monoisotopic (exact) mass is 328 g/mol. The largest absolute Gasteiger partial charge is 0.349 e. The molecule has 0 unspecified atom stereocenters. The molecule has 24 heavy (non-hydrogen) atoms. The van der Waals surface area contributed by atoms with Crippen LogP contribution in [0.15, 0.2) is 47.5 Å². The van der Waals surface area contributed by atoms with Crippen LogP contribution in [0.25, 0.3) is 16.8 Å². The minimum Gasteiger partial charge on any atom is -0.349 e. The number of hydrogen-bond donors (Lipinski definition) is 0. The Morgan fingerprint density at radius 1 is 1.21 bits per heavy atom. The number of halogens is 1. The highest BCUT2D eigenvalue weighted by atomic mass is 19.1. The summed E-state index contributed by atoms with van der Waals surface area (Å²) in [6, 6.07) is 7.60. The van der Waals surface area contributed by atoms with E-state index in [1.807, 2.05) is 0 Å². The first-order valence-corrected chi connectivity index (χ1v) is 7.50. The van der Waals surface area contributed by atoms with Crippen LogP contribution in [0, 0.1) is 5.82 Å². The summed E-state index contributed by atoms with van der Waals surface area (Å²) >= 11 is 0. The molecule has 0 bridgehead atoms. The predicted octanol–water partition coefficient (Wildman–Crippen LogP) is 1.78. The van der Waals surface area contributed by atoms with E-state index >= 15 is 0 Å². The normalized spacial score (nSPS) is 11.0. The zero-order chi connectivity index (χ0) is 17.3. The van der Waals surface area contributed by atoms with Crippen LogP contribution in [-0.2, 0) is 11.3 Å². The van der Waals surface area contributed by atoms with Gasteiger partial charge in [-0.3, -0.25) is 9.59 Å². The number of rotatable bonds is 4. The number of benzene rings is 1. The summed E-state index contributed by atoms with van der Waals surface area (Å²) < 4.78 is 16.0. The van der Waals surface area contributed by atoms with E-state index in [2.05, 4.69) is 5.10 Å². The van der Waals surface area contributed by atoms with Gasteiger partial charge in [-0.2, -0.15) is 5.10 Å². The zero-order valence-electron chi connectivity index (χ0n) is 13.4. The molecule has 2 heterocycles. The standard InChI is InChI=1S/C17H17FN4O2/c1-20(2)16(23)7-8-21-9-10-22-15(17(21)24)11-14(19-22)12-3-5-13(18)6-4-12/h3-6,9-11H,7-8H2,1-2H3. The van der Waals surface area contributed by atoms with Gasteiger partial charge in [0.15, 0.2) is 0 Å². The molecule has 124 valence electrons. The lowest BCUT2D eigenvalue weighted by Gasteiger charge is -2.10. The Labute approximate surface area is 137 Å². The van der Waals surface area contributed by atoms with Crippen molar-refractivity contribution in [3.8, 4) is 11.3 Å². The van der Waals surface area contributed by atoms with E-state index in [0.717, 1.165) is 5.56 Å². The fourth-order valence-corrected chi connectivity index (χ4v) is 2.40. The molecule has 1 aromatic carbocycles. The van der Waals surface area contributed by atoms with Crippen molar-refractivity contribution in [2.75, 3.05) is 14.1 Å². The molecule has 0 aliphatic rings. The maximum absolute atomic E-state index is 13.0. The van der Waals surface area contributed by atoms with Crippen LogP contribution in [0.4, 0.5) is 4.39 Å². The van der Waals surface area contributed by atoms with Gasteiger partial charge in [-0.05, 0) is 30.3 Å². The molecule has 0 atom stereocenters. The molecule has 6 nitrogen and oxygen atoms in total. The lowest BCUT2D eigenvalue weighted by atomic mass is 10.1. The summed E-state index contributed by atoms with van der Waals surface area (Å²) in [6.07, 6.45) is 3.53. The maximum Gasteiger partial charge on any atom is 0.276 e. The van der Waals surface area contributed by atoms with Crippen LogP contribution >= 0.6 is 0 Å². The minimum absolute atomic E-state index is 0.0396. The summed E-state index contributed by atoms with van der Waals surface area (Å²) in [4.78, 5) is 25.7. The molecular formula is C17H17FN4O2. The molecule has 0 saturated carbocycles. The number of nitrogens with zero attached hydrogens (tertiary/aromatic N) is 4. The third kappa shape index (κ3) is 3.05. The number of amides is 1. The van der Waals surface area contributed by atoms with Gasteiger partial charge in [0.25, 0.3) is 5.56 Å². The van der Waals surface area contributed by atoms with Crippen LogP contribution in [0.3, 0.4) is 0 Å². The van der Waals surface area contributed by atoms with Crippen LogP contribution in [0.2, 0.25) is 0 Å². The number of aryl methyl sites for hydroxylation is 1. The highest BCUT2D eigenvalue weighted by Gasteiger charge is 2.11. The van der Waals surface area contributed by atoms with Crippen molar-refractivity contribution in [2.45, 2.75) is 13.0 Å². The van der Waals surface area contributed by atoms with Gasteiger partial charge in [-0.1, -0.05) is 0 Å². The van der Waals surface area contributed by atoms with Gasteiger partial charge >= 0.3 is 0 Å². The first-order valence-electron chi connectivity index (χ1n) is 7.50. The van der Waals surface area contributed by atoms with Gasteiger partial charge in [0.05, 0.1) is 5.69 Å². The first-order chi connectivity index (χ1) is 11.5. The van der Waals surface area contributed by atoms with Crippen molar-refractivity contribution in [3.05, 3.63) is 58.9 Å². The Kier molecular flexibility index (Phi) is 4.16. The quantitative estimate of drug-likeness (QED) is 0.733. The molecule has 0 radical (unpaired) electrons. The molecule has 0 aliphatic heterocycles. The Morgan fingerprint density at radius 2 is 1.92 bits per heavy atom. The second-order valence-corrected chi connectivity index (χ2v) is 5.70. The van der Waals surface area contributed by atoms with E-state index in [0.29, 0.717) is 17.8 Å². The lowest BCUT2D eigenvalue weighted by molar-refractivity contribution is -0.128. The second-order valence-electron chi connectivity index (χ2n) is 5.70. The van der Waals surface area contributed by atoms with Crippen LogP contribution in [0.5, 0.6) is 0 Å². The predicted molar refractivity (Wildman–Crippen MR) is 88.2 cm³/mol. The third-order valence-electron chi connectivity index (χ3n) is 3.81. The molecule has 0 saturated heterocycles. The van der Waals surface area contributed by atoms with Crippen molar-refractivity contribution in [1.82, 2.24) is 19.1 Å². The van der Waals surface area contributed by atoms with E-state index in [1.165, 1.54) is 26.1 Å². The molecule has 2 aromatic heterocycles. The number of carbonyl (C=O) groups excluding carboxylic acids is 1. The third-order valence-corrected chi connectivity index (χ3v) is 3.81. The van der Waals surface area contributed by atoms with E-state index in [1.54, 1.807) is 44.7 Å². The Morgan fingerprint density at radius 3 is 2.58 bits per heavy atom. The number of aromatic nitrogens is 3. The highest BCUT2D eigenvalue weighted by Crippen LogP contribution is 2.18. The minimum atomic E-state index is -0.324. The molecule has 0 spiro atoms. The van der Waals surface area contributed by atoms with Crippen molar-refractivity contribution in [1.29, 1.82) is 0 Å². The van der Waals surface area contributed by atoms with E-state index in [4.69, 9.17) is 0 Å². The lowest BCUT2D eigenvalue weighted by Crippen LogP contribution is -2.27. The van der Waals surface area contributed by atoms with E-state index in [-0.39, 0.29) is 23.7 Å². The fourth-order valence-electron chi connectivity index (χ4n) is 2.40. The zero-order valence-corrected chi connectivity index (χ0v) is 13.4. The summed E-state index contributed by atoms with van der Waals surface area (Å²) in [5.74, 6) is -0.363. The Bertz CT molecular complexity index is 941. The molecule has 0 aliphatic carbocycles. The Hall–Kier alpha value is -2.96. The van der Waals surface area contributed by atoms with Gasteiger partial charge < -0.3 is 9.47 Å². The van der Waals surface area contributed by atoms with Gasteiger partial charge in [-0.25, -0.2) is 8.91 Å². The van der Waals surface area contributed by atoms with Crippen molar-refractivity contribution in [2.24, 2.45) is 0 Å². The second kappa shape index (κ2) is 6.27. The van der Waals surface area contributed by atoms with Crippen LogP contribution in [-0.4, -0.2) is 39.1 Å².